The number of hydrogen-bond donors (Lipinski definition) is 8. The van der Waals surface area contributed by atoms with Gasteiger partial charge >= 0.3 is 7.12 Å². The maximum atomic E-state index is 14.6. The van der Waals surface area contributed by atoms with E-state index in [1.54, 1.807) is 31.3 Å². The fourth-order valence-electron chi connectivity index (χ4n) is 6.84. The molecule has 3 rings (SSSR count). The van der Waals surface area contributed by atoms with Gasteiger partial charge in [-0.25, -0.2) is 0 Å². The van der Waals surface area contributed by atoms with Crippen molar-refractivity contribution in [3.63, 3.8) is 0 Å². The van der Waals surface area contributed by atoms with E-state index in [-0.39, 0.29) is 30.9 Å². The molecule has 61 heavy (non-hydrogen) atoms. The van der Waals surface area contributed by atoms with Crippen molar-refractivity contribution >= 4 is 36.7 Å². The van der Waals surface area contributed by atoms with Gasteiger partial charge in [-0.15, -0.1) is 0 Å². The lowest BCUT2D eigenvalue weighted by Gasteiger charge is -2.35. The SMILES string of the molecule is CCCCc1ccc(-c2ccc(C(=O)N(C)[C@@H](CCCCN)C(=O)N(C)[C@@H](Cc3ccc(O)cc3)C(=O)N[C@@H](C)C(=O)N[C@@H](CCCCN)C(=O)N[C@@H](C)B(O)O)cc2)cc1. The standard InChI is InChI=1S/C45H66BN7O8/c1-6-7-12-32-15-19-34(20-16-32)35-21-23-36(24-22-35)44(58)52(4)39(14-9-11-28-48)45(59)53(5)40(29-33-17-25-37(54)26-18-33)43(57)49-30(2)41(55)51-38(13-8-10-27-47)42(56)50-31(3)46(60)61/h15-26,30-31,38-40,54,60-61H,6-14,27-29,47-48H2,1-5H3,(H,49,57)(H,50,56)(H,51,55)/t30-,31-,38-,39-,40-/m0/s1. The summed E-state index contributed by atoms with van der Waals surface area (Å²) in [5.74, 6) is -3.86. The Bertz CT molecular complexity index is 1850. The van der Waals surface area contributed by atoms with Crippen molar-refractivity contribution < 1.29 is 39.1 Å². The first kappa shape index (κ1) is 50.1. The number of likely N-dealkylation sites (N-methyl/N-ethyl adjacent to an activating group) is 2. The summed E-state index contributed by atoms with van der Waals surface area (Å²) in [6.45, 7) is 5.77. The monoisotopic (exact) mass is 844 g/mol. The van der Waals surface area contributed by atoms with Crippen LogP contribution in [0.4, 0.5) is 0 Å². The van der Waals surface area contributed by atoms with Crippen LogP contribution >= 0.6 is 0 Å². The average Bonchev–Trinajstić information content (AvgIpc) is 3.25. The molecule has 0 spiro atoms. The van der Waals surface area contributed by atoms with Gasteiger partial charge < -0.3 is 52.4 Å². The molecule has 15 nitrogen and oxygen atoms in total. The second kappa shape index (κ2) is 25.5. The van der Waals surface area contributed by atoms with E-state index in [0.717, 1.165) is 30.4 Å². The minimum absolute atomic E-state index is 0.00239. The number of nitrogens with zero attached hydrogens (tertiary/aromatic N) is 2. The fourth-order valence-corrected chi connectivity index (χ4v) is 6.84. The zero-order valence-electron chi connectivity index (χ0n) is 36.3. The molecule has 0 unspecified atom stereocenters. The quantitative estimate of drug-likeness (QED) is 0.0458. The number of nitrogens with one attached hydrogen (secondary N) is 3. The number of aromatic hydroxyl groups is 1. The topological polar surface area (TPSA) is 241 Å². The van der Waals surface area contributed by atoms with Crippen molar-refractivity contribution in [1.29, 1.82) is 0 Å². The molecular weight excluding hydrogens is 777 g/mol. The number of aryl methyl sites for hydroxylation is 1. The van der Waals surface area contributed by atoms with Crippen molar-refractivity contribution in [2.45, 2.75) is 115 Å². The van der Waals surface area contributed by atoms with Crippen LogP contribution in [0.5, 0.6) is 5.75 Å². The van der Waals surface area contributed by atoms with Crippen molar-refractivity contribution in [3.8, 4) is 16.9 Å². The largest absolute Gasteiger partial charge is 0.508 e. The maximum absolute atomic E-state index is 14.6. The summed E-state index contributed by atoms with van der Waals surface area (Å²) < 4.78 is 0. The van der Waals surface area contributed by atoms with Crippen LogP contribution < -0.4 is 27.4 Å². The van der Waals surface area contributed by atoms with E-state index in [1.165, 1.54) is 48.4 Å². The molecule has 5 amide bonds. The molecule has 332 valence electrons. The van der Waals surface area contributed by atoms with E-state index in [1.807, 2.05) is 12.1 Å². The highest BCUT2D eigenvalue weighted by Crippen LogP contribution is 2.23. The Balaban J connectivity index is 1.86. The van der Waals surface area contributed by atoms with E-state index in [0.29, 0.717) is 49.9 Å². The molecule has 0 saturated carbocycles. The third kappa shape index (κ3) is 15.6. The van der Waals surface area contributed by atoms with Crippen LogP contribution in [0.15, 0.2) is 72.8 Å². The number of phenolic OH excluding ortho intramolecular Hbond substituents is 1. The number of phenols is 1. The molecule has 0 heterocycles. The Hall–Kier alpha value is -5.29. The van der Waals surface area contributed by atoms with Crippen LogP contribution in [0, 0.1) is 0 Å². The van der Waals surface area contributed by atoms with Gasteiger partial charge in [0.15, 0.2) is 0 Å². The number of hydrogen-bond acceptors (Lipinski definition) is 10. The van der Waals surface area contributed by atoms with Gasteiger partial charge in [0, 0.05) is 26.1 Å². The zero-order valence-corrected chi connectivity index (χ0v) is 36.3. The van der Waals surface area contributed by atoms with Crippen LogP contribution in [0.25, 0.3) is 11.1 Å². The van der Waals surface area contributed by atoms with Crippen molar-refractivity contribution in [3.05, 3.63) is 89.5 Å². The van der Waals surface area contributed by atoms with Gasteiger partial charge in [-0.3, -0.25) is 24.0 Å². The number of benzene rings is 3. The minimum atomic E-state index is -1.82. The van der Waals surface area contributed by atoms with E-state index in [9.17, 15) is 39.1 Å². The second-order valence-electron chi connectivity index (χ2n) is 15.7. The Labute approximate surface area is 360 Å². The Morgan fingerprint density at radius 3 is 1.77 bits per heavy atom. The lowest BCUT2D eigenvalue weighted by Crippen LogP contribution is -2.59. The van der Waals surface area contributed by atoms with Gasteiger partial charge in [0.1, 0.15) is 29.9 Å². The summed E-state index contributed by atoms with van der Waals surface area (Å²) in [6.07, 6.45) is 5.97. The smallest absolute Gasteiger partial charge is 0.475 e. The summed E-state index contributed by atoms with van der Waals surface area (Å²) in [6, 6.07) is 17.4. The molecule has 5 atom stereocenters. The number of unbranched alkanes of at least 4 members (excludes halogenated alkanes) is 3. The minimum Gasteiger partial charge on any atom is -0.508 e. The van der Waals surface area contributed by atoms with E-state index < -0.39 is 60.9 Å². The van der Waals surface area contributed by atoms with Gasteiger partial charge in [0.05, 0.1) is 5.94 Å². The number of carbonyl (C=O) groups is 5. The highest BCUT2D eigenvalue weighted by atomic mass is 16.4. The molecule has 0 aromatic heterocycles. The first-order valence-corrected chi connectivity index (χ1v) is 21.3. The Morgan fingerprint density at radius 2 is 1.21 bits per heavy atom. The fraction of sp³-hybridized carbons (Fsp3) is 0.489. The lowest BCUT2D eigenvalue weighted by molar-refractivity contribution is -0.143. The van der Waals surface area contributed by atoms with Crippen LogP contribution in [-0.4, -0.2) is 119 Å². The summed E-state index contributed by atoms with van der Waals surface area (Å²) in [4.78, 5) is 71.9. The molecule has 3 aromatic rings. The molecule has 0 aliphatic heterocycles. The molecule has 0 radical (unpaired) electrons. The molecule has 16 heteroatoms. The second-order valence-corrected chi connectivity index (χ2v) is 15.7. The van der Waals surface area contributed by atoms with Gasteiger partial charge in [0.2, 0.25) is 23.6 Å². The third-order valence-corrected chi connectivity index (χ3v) is 10.9. The van der Waals surface area contributed by atoms with Crippen molar-refractivity contribution in [2.24, 2.45) is 11.5 Å². The zero-order chi connectivity index (χ0) is 45.1. The van der Waals surface area contributed by atoms with Crippen LogP contribution in [0.2, 0.25) is 0 Å². The lowest BCUT2D eigenvalue weighted by atomic mass is 9.81. The third-order valence-electron chi connectivity index (χ3n) is 10.9. The van der Waals surface area contributed by atoms with Crippen LogP contribution in [0.3, 0.4) is 0 Å². The Morgan fingerprint density at radius 1 is 0.656 bits per heavy atom. The van der Waals surface area contributed by atoms with Crippen LogP contribution in [0.1, 0.15) is 93.6 Å². The summed E-state index contributed by atoms with van der Waals surface area (Å²) in [5, 5.41) is 36.7. The van der Waals surface area contributed by atoms with E-state index >= 15 is 0 Å². The van der Waals surface area contributed by atoms with Gasteiger partial charge in [-0.05, 0) is 125 Å². The van der Waals surface area contributed by atoms with Gasteiger partial charge in [-0.1, -0.05) is 61.9 Å². The predicted octanol–water partition coefficient (Wildman–Crippen LogP) is 2.68. The van der Waals surface area contributed by atoms with E-state index in [2.05, 4.69) is 47.1 Å². The number of rotatable bonds is 25. The molecule has 0 fully saturated rings. The first-order chi connectivity index (χ1) is 29.1. The number of nitrogens with two attached hydrogens (primary N) is 2. The van der Waals surface area contributed by atoms with Crippen molar-refractivity contribution in [2.75, 3.05) is 27.2 Å². The molecule has 0 aliphatic carbocycles. The summed E-state index contributed by atoms with van der Waals surface area (Å²) in [5.41, 5.74) is 15.7. The number of carbonyl (C=O) groups excluding carboxylic acids is 5. The normalized spacial score (nSPS) is 13.5. The molecule has 0 saturated heterocycles. The summed E-state index contributed by atoms with van der Waals surface area (Å²) >= 11 is 0. The Kier molecular flexibility index (Phi) is 20.9. The maximum Gasteiger partial charge on any atom is 0.475 e. The molecule has 10 N–H and O–H groups in total. The average molecular weight is 844 g/mol. The summed E-state index contributed by atoms with van der Waals surface area (Å²) in [7, 11) is 1.22. The molecule has 0 bridgehead atoms. The highest BCUT2D eigenvalue weighted by Gasteiger charge is 2.36. The van der Waals surface area contributed by atoms with Crippen LogP contribution in [-0.2, 0) is 32.0 Å². The van der Waals surface area contributed by atoms with Gasteiger partial charge in [0.25, 0.3) is 5.91 Å². The molecule has 0 aliphatic rings. The van der Waals surface area contributed by atoms with E-state index in [4.69, 9.17) is 11.5 Å². The van der Waals surface area contributed by atoms with Crippen molar-refractivity contribution in [1.82, 2.24) is 25.8 Å². The first-order valence-electron chi connectivity index (χ1n) is 21.3. The molecule has 3 aromatic carbocycles. The highest BCUT2D eigenvalue weighted by molar-refractivity contribution is 6.43. The van der Waals surface area contributed by atoms with Gasteiger partial charge in [-0.2, -0.15) is 0 Å². The molecular formula is C45H66BN7O8. The predicted molar refractivity (Wildman–Crippen MR) is 238 cm³/mol. The number of amides is 5.